The predicted octanol–water partition coefficient (Wildman–Crippen LogP) is 2.46. The topological polar surface area (TPSA) is 46.3 Å². The summed E-state index contributed by atoms with van der Waals surface area (Å²) in [7, 11) is 0. The van der Waals surface area contributed by atoms with Crippen molar-refractivity contribution in [2.75, 3.05) is 18.8 Å². The molecule has 0 saturated carbocycles. The van der Waals surface area contributed by atoms with Crippen molar-refractivity contribution < 1.29 is 4.79 Å². The van der Waals surface area contributed by atoms with Crippen molar-refractivity contribution in [1.29, 1.82) is 0 Å². The Hall–Kier alpha value is -1.51. The number of hydrogen-bond acceptors (Lipinski definition) is 2. The summed E-state index contributed by atoms with van der Waals surface area (Å²) in [5, 5.41) is 0. The van der Waals surface area contributed by atoms with E-state index in [-0.39, 0.29) is 5.91 Å². The van der Waals surface area contributed by atoms with E-state index in [0.717, 1.165) is 37.2 Å². The maximum absolute atomic E-state index is 12.2. The third-order valence-corrected chi connectivity index (χ3v) is 3.80. The van der Waals surface area contributed by atoms with Crippen LogP contribution < -0.4 is 5.73 Å². The second-order valence-corrected chi connectivity index (χ2v) is 5.96. The van der Waals surface area contributed by atoms with Crippen molar-refractivity contribution in [3.05, 3.63) is 29.8 Å². The molecule has 0 unspecified atom stereocenters. The highest BCUT2D eigenvalue weighted by Crippen LogP contribution is 2.29. The van der Waals surface area contributed by atoms with Gasteiger partial charge in [0.15, 0.2) is 0 Å². The lowest BCUT2D eigenvalue weighted by atomic mass is 9.82. The second-order valence-electron chi connectivity index (χ2n) is 5.96. The molecular formula is C15H22N2O. The molecule has 0 aliphatic carbocycles. The van der Waals surface area contributed by atoms with E-state index in [1.54, 1.807) is 0 Å². The van der Waals surface area contributed by atoms with Gasteiger partial charge in [-0.15, -0.1) is 0 Å². The Bertz CT molecular complexity index is 413. The van der Waals surface area contributed by atoms with Crippen LogP contribution in [0.2, 0.25) is 0 Å². The fourth-order valence-electron chi connectivity index (χ4n) is 2.28. The number of nitrogen functional groups attached to an aromatic ring is 1. The highest BCUT2D eigenvalue weighted by atomic mass is 16.2. The minimum absolute atomic E-state index is 0.232. The number of amides is 1. The third kappa shape index (κ3) is 3.25. The molecular weight excluding hydrogens is 224 g/mol. The van der Waals surface area contributed by atoms with Gasteiger partial charge in [0.05, 0.1) is 6.42 Å². The number of piperidine rings is 1. The fourth-order valence-corrected chi connectivity index (χ4v) is 2.28. The number of anilines is 1. The second kappa shape index (κ2) is 5.01. The van der Waals surface area contributed by atoms with Crippen LogP contribution in [0.3, 0.4) is 0 Å². The van der Waals surface area contributed by atoms with Gasteiger partial charge in [-0.2, -0.15) is 0 Å². The Morgan fingerprint density at radius 2 is 1.78 bits per heavy atom. The average Bonchev–Trinajstić information content (AvgIpc) is 2.32. The van der Waals surface area contributed by atoms with Crippen molar-refractivity contribution in [3.8, 4) is 0 Å². The summed E-state index contributed by atoms with van der Waals surface area (Å²) in [5.41, 5.74) is 7.80. The van der Waals surface area contributed by atoms with Gasteiger partial charge in [0.25, 0.3) is 0 Å². The van der Waals surface area contributed by atoms with Crippen LogP contribution in [0, 0.1) is 5.41 Å². The SMILES string of the molecule is CC1(C)CCN(C(=O)Cc2ccc(N)cc2)CC1. The van der Waals surface area contributed by atoms with E-state index in [0.29, 0.717) is 11.8 Å². The fraction of sp³-hybridized carbons (Fsp3) is 0.533. The summed E-state index contributed by atoms with van der Waals surface area (Å²) in [6.45, 7) is 6.32. The zero-order valence-electron chi connectivity index (χ0n) is 11.3. The Morgan fingerprint density at radius 1 is 1.22 bits per heavy atom. The van der Waals surface area contributed by atoms with Crippen LogP contribution in [-0.2, 0) is 11.2 Å². The van der Waals surface area contributed by atoms with Crippen LogP contribution in [0.1, 0.15) is 32.3 Å². The number of rotatable bonds is 2. The summed E-state index contributed by atoms with van der Waals surface area (Å²) in [4.78, 5) is 14.1. The van der Waals surface area contributed by atoms with Crippen LogP contribution in [0.4, 0.5) is 5.69 Å². The number of likely N-dealkylation sites (tertiary alicyclic amines) is 1. The molecule has 2 N–H and O–H groups in total. The summed E-state index contributed by atoms with van der Waals surface area (Å²) >= 11 is 0. The number of nitrogens with two attached hydrogens (primary N) is 1. The van der Waals surface area contributed by atoms with E-state index in [1.807, 2.05) is 29.2 Å². The minimum atomic E-state index is 0.232. The first kappa shape index (κ1) is 12.9. The molecule has 1 fully saturated rings. The Morgan fingerprint density at radius 3 is 2.33 bits per heavy atom. The summed E-state index contributed by atoms with van der Waals surface area (Å²) in [6, 6.07) is 7.56. The van der Waals surface area contributed by atoms with E-state index < -0.39 is 0 Å². The number of nitrogens with zero attached hydrogens (tertiary/aromatic N) is 1. The molecule has 1 saturated heterocycles. The molecule has 1 amide bonds. The maximum Gasteiger partial charge on any atom is 0.226 e. The van der Waals surface area contributed by atoms with Crippen LogP contribution in [-0.4, -0.2) is 23.9 Å². The number of carbonyl (C=O) groups is 1. The molecule has 0 radical (unpaired) electrons. The number of benzene rings is 1. The van der Waals surface area contributed by atoms with Crippen molar-refractivity contribution in [2.24, 2.45) is 5.41 Å². The largest absolute Gasteiger partial charge is 0.399 e. The Kier molecular flexibility index (Phi) is 3.60. The molecule has 0 aromatic heterocycles. The van der Waals surface area contributed by atoms with Crippen LogP contribution in [0.25, 0.3) is 0 Å². The average molecular weight is 246 g/mol. The molecule has 0 bridgehead atoms. The van der Waals surface area contributed by atoms with Gasteiger partial charge in [-0.05, 0) is 36.0 Å². The lowest BCUT2D eigenvalue weighted by Crippen LogP contribution is -2.41. The summed E-state index contributed by atoms with van der Waals surface area (Å²) < 4.78 is 0. The molecule has 1 aliphatic rings. The molecule has 1 aromatic carbocycles. The summed E-state index contributed by atoms with van der Waals surface area (Å²) in [6.07, 6.45) is 2.68. The molecule has 0 atom stereocenters. The predicted molar refractivity (Wildman–Crippen MR) is 74.2 cm³/mol. The molecule has 3 heteroatoms. The molecule has 2 rings (SSSR count). The lowest BCUT2D eigenvalue weighted by Gasteiger charge is -2.37. The van der Waals surface area contributed by atoms with Gasteiger partial charge in [0, 0.05) is 18.8 Å². The van der Waals surface area contributed by atoms with E-state index in [9.17, 15) is 4.79 Å². The monoisotopic (exact) mass is 246 g/mol. The van der Waals surface area contributed by atoms with E-state index in [2.05, 4.69) is 13.8 Å². The number of carbonyl (C=O) groups excluding carboxylic acids is 1. The van der Waals surface area contributed by atoms with Gasteiger partial charge < -0.3 is 10.6 Å². The maximum atomic E-state index is 12.2. The quantitative estimate of drug-likeness (QED) is 0.815. The molecule has 1 aliphatic heterocycles. The van der Waals surface area contributed by atoms with Crippen molar-refractivity contribution >= 4 is 11.6 Å². The van der Waals surface area contributed by atoms with Gasteiger partial charge in [-0.1, -0.05) is 26.0 Å². The van der Waals surface area contributed by atoms with Gasteiger partial charge >= 0.3 is 0 Å². The highest BCUT2D eigenvalue weighted by Gasteiger charge is 2.27. The zero-order valence-corrected chi connectivity index (χ0v) is 11.3. The first-order valence-electron chi connectivity index (χ1n) is 6.58. The Balaban J connectivity index is 1.91. The number of hydrogen-bond donors (Lipinski definition) is 1. The highest BCUT2D eigenvalue weighted by molar-refractivity contribution is 5.79. The van der Waals surface area contributed by atoms with E-state index in [4.69, 9.17) is 5.73 Å². The van der Waals surface area contributed by atoms with Gasteiger partial charge in [-0.3, -0.25) is 4.79 Å². The standard InChI is InChI=1S/C15H22N2O/c1-15(2)7-9-17(10-8-15)14(18)11-12-3-5-13(16)6-4-12/h3-6H,7-11,16H2,1-2H3. The van der Waals surface area contributed by atoms with Crippen LogP contribution in [0.15, 0.2) is 24.3 Å². The van der Waals surface area contributed by atoms with E-state index >= 15 is 0 Å². The van der Waals surface area contributed by atoms with Crippen LogP contribution in [0.5, 0.6) is 0 Å². The molecule has 98 valence electrons. The minimum Gasteiger partial charge on any atom is -0.399 e. The van der Waals surface area contributed by atoms with Crippen molar-refractivity contribution in [1.82, 2.24) is 4.90 Å². The third-order valence-electron chi connectivity index (χ3n) is 3.80. The smallest absolute Gasteiger partial charge is 0.226 e. The summed E-state index contributed by atoms with van der Waals surface area (Å²) in [5.74, 6) is 0.232. The molecule has 0 spiro atoms. The zero-order chi connectivity index (χ0) is 13.2. The van der Waals surface area contributed by atoms with E-state index in [1.165, 1.54) is 0 Å². The van der Waals surface area contributed by atoms with Crippen molar-refractivity contribution in [2.45, 2.75) is 33.1 Å². The van der Waals surface area contributed by atoms with Crippen molar-refractivity contribution in [3.63, 3.8) is 0 Å². The molecule has 3 nitrogen and oxygen atoms in total. The van der Waals surface area contributed by atoms with Crippen LogP contribution >= 0.6 is 0 Å². The van der Waals surface area contributed by atoms with Gasteiger partial charge in [0.2, 0.25) is 5.91 Å². The first-order valence-corrected chi connectivity index (χ1v) is 6.58. The molecule has 18 heavy (non-hydrogen) atoms. The van der Waals surface area contributed by atoms with Gasteiger partial charge in [0.1, 0.15) is 0 Å². The lowest BCUT2D eigenvalue weighted by molar-refractivity contribution is -0.132. The molecule has 1 heterocycles. The Labute approximate surface area is 109 Å². The normalized spacial score (nSPS) is 18.7. The van der Waals surface area contributed by atoms with Gasteiger partial charge in [-0.25, -0.2) is 0 Å². The first-order chi connectivity index (χ1) is 8.46. The molecule has 1 aromatic rings.